The van der Waals surface area contributed by atoms with E-state index < -0.39 is 0 Å². The molecule has 0 spiro atoms. The lowest BCUT2D eigenvalue weighted by molar-refractivity contribution is -0.116. The number of nitrogens with one attached hydrogen (secondary N) is 1. The fourth-order valence-corrected chi connectivity index (χ4v) is 3.07. The zero-order valence-corrected chi connectivity index (χ0v) is 13.2. The van der Waals surface area contributed by atoms with Crippen LogP contribution in [-0.4, -0.2) is 10.9 Å². The number of benzene rings is 1. The third kappa shape index (κ3) is 3.45. The van der Waals surface area contributed by atoms with Gasteiger partial charge in [0.25, 0.3) is 0 Å². The van der Waals surface area contributed by atoms with Crippen LogP contribution in [0.3, 0.4) is 0 Å². The highest BCUT2D eigenvalue weighted by Gasteiger charge is 2.09. The minimum Gasteiger partial charge on any atom is -0.326 e. The van der Waals surface area contributed by atoms with E-state index in [1.807, 2.05) is 32.9 Å². The van der Waals surface area contributed by atoms with Gasteiger partial charge in [-0.2, -0.15) is 0 Å². The number of aryl methyl sites for hydroxylation is 4. The van der Waals surface area contributed by atoms with Crippen LogP contribution in [0, 0.1) is 27.7 Å². The maximum atomic E-state index is 12.0. The second kappa shape index (κ2) is 6.18. The molecule has 0 atom stereocenters. The smallest absolute Gasteiger partial charge is 0.224 e. The molecule has 2 aromatic rings. The minimum atomic E-state index is 0.0594. The van der Waals surface area contributed by atoms with Crippen molar-refractivity contribution in [1.82, 2.24) is 4.98 Å². The van der Waals surface area contributed by atoms with Gasteiger partial charge < -0.3 is 5.32 Å². The minimum absolute atomic E-state index is 0.0594. The van der Waals surface area contributed by atoms with Crippen LogP contribution in [0.5, 0.6) is 0 Å². The third-order valence-electron chi connectivity index (χ3n) is 3.46. The number of hydrogen-bond donors (Lipinski definition) is 1. The Kier molecular flexibility index (Phi) is 4.55. The van der Waals surface area contributed by atoms with Crippen molar-refractivity contribution in [1.29, 1.82) is 0 Å². The summed E-state index contributed by atoms with van der Waals surface area (Å²) in [4.78, 5) is 17.6. The van der Waals surface area contributed by atoms with Gasteiger partial charge >= 0.3 is 0 Å². The van der Waals surface area contributed by atoms with Crippen LogP contribution in [0.1, 0.15) is 33.1 Å². The lowest BCUT2D eigenvalue weighted by Crippen LogP contribution is -2.13. The number of aromatic nitrogens is 1. The molecule has 0 fully saturated rings. The summed E-state index contributed by atoms with van der Waals surface area (Å²) in [6.45, 7) is 8.08. The SMILES string of the molecule is Cc1nc(C)c(CCC(=O)Nc2cccc(C)c2C)s1. The first kappa shape index (κ1) is 14.7. The Balaban J connectivity index is 1.96. The van der Waals surface area contributed by atoms with Crippen LogP contribution in [0.2, 0.25) is 0 Å². The molecule has 0 saturated carbocycles. The maximum absolute atomic E-state index is 12.0. The first-order valence-corrected chi connectivity index (χ1v) is 7.58. The van der Waals surface area contributed by atoms with Crippen molar-refractivity contribution >= 4 is 22.9 Å². The summed E-state index contributed by atoms with van der Waals surface area (Å²) in [5, 5.41) is 4.06. The van der Waals surface area contributed by atoms with Crippen molar-refractivity contribution in [3.05, 3.63) is 44.9 Å². The fourth-order valence-electron chi connectivity index (χ4n) is 2.13. The molecule has 106 valence electrons. The van der Waals surface area contributed by atoms with Crippen molar-refractivity contribution in [2.75, 3.05) is 5.32 Å². The summed E-state index contributed by atoms with van der Waals surface area (Å²) in [5.41, 5.74) is 4.28. The topological polar surface area (TPSA) is 42.0 Å². The molecule has 0 saturated heterocycles. The van der Waals surface area contributed by atoms with Crippen LogP contribution in [0.25, 0.3) is 0 Å². The highest BCUT2D eigenvalue weighted by atomic mass is 32.1. The van der Waals surface area contributed by atoms with Gasteiger partial charge in [0.05, 0.1) is 10.7 Å². The van der Waals surface area contributed by atoms with E-state index in [1.165, 1.54) is 10.4 Å². The molecule has 1 aromatic heterocycles. The normalized spacial score (nSPS) is 10.6. The Bertz CT molecular complexity index is 631. The van der Waals surface area contributed by atoms with E-state index in [9.17, 15) is 4.79 Å². The Morgan fingerprint density at radius 3 is 2.65 bits per heavy atom. The van der Waals surface area contributed by atoms with Crippen molar-refractivity contribution in [3.8, 4) is 0 Å². The molecule has 20 heavy (non-hydrogen) atoms. The van der Waals surface area contributed by atoms with Gasteiger partial charge in [-0.25, -0.2) is 4.98 Å². The van der Waals surface area contributed by atoms with Crippen molar-refractivity contribution < 1.29 is 4.79 Å². The molecule has 0 unspecified atom stereocenters. The third-order valence-corrected chi connectivity index (χ3v) is 4.59. The second-order valence-corrected chi connectivity index (χ2v) is 6.32. The first-order chi connectivity index (χ1) is 9.47. The number of amides is 1. The molecule has 0 aliphatic heterocycles. The van der Waals surface area contributed by atoms with Crippen LogP contribution in [-0.2, 0) is 11.2 Å². The summed E-state index contributed by atoms with van der Waals surface area (Å²) in [5.74, 6) is 0.0594. The van der Waals surface area contributed by atoms with Crippen LogP contribution in [0.15, 0.2) is 18.2 Å². The number of thiazole rings is 1. The first-order valence-electron chi connectivity index (χ1n) is 6.76. The molecule has 3 nitrogen and oxygen atoms in total. The Hall–Kier alpha value is -1.68. The zero-order valence-electron chi connectivity index (χ0n) is 12.4. The van der Waals surface area contributed by atoms with E-state index in [0.29, 0.717) is 6.42 Å². The molecule has 0 aliphatic carbocycles. The summed E-state index contributed by atoms with van der Waals surface area (Å²) >= 11 is 1.68. The van der Waals surface area contributed by atoms with Crippen molar-refractivity contribution in [3.63, 3.8) is 0 Å². The van der Waals surface area contributed by atoms with Gasteiger partial charge in [0, 0.05) is 17.0 Å². The van der Waals surface area contributed by atoms with Crippen LogP contribution >= 0.6 is 11.3 Å². The standard InChI is InChI=1S/C16H20N2OS/c1-10-6-5-7-14(11(10)2)18-16(19)9-8-15-12(3)17-13(4)20-15/h5-7H,8-9H2,1-4H3,(H,18,19). The average molecular weight is 288 g/mol. The van der Waals surface area contributed by atoms with E-state index >= 15 is 0 Å². The van der Waals surface area contributed by atoms with Gasteiger partial charge in [0.15, 0.2) is 0 Å². The lowest BCUT2D eigenvalue weighted by atomic mass is 10.1. The Morgan fingerprint density at radius 1 is 1.25 bits per heavy atom. The molecule has 1 aromatic carbocycles. The Labute approximate surface area is 124 Å². The number of carbonyl (C=O) groups excluding carboxylic acids is 1. The van der Waals surface area contributed by atoms with Gasteiger partial charge in [-0.3, -0.25) is 4.79 Å². The largest absolute Gasteiger partial charge is 0.326 e. The van der Waals surface area contributed by atoms with Gasteiger partial charge in [0.2, 0.25) is 5.91 Å². The quantitative estimate of drug-likeness (QED) is 0.925. The predicted molar refractivity (Wildman–Crippen MR) is 84.5 cm³/mol. The molecule has 0 radical (unpaired) electrons. The summed E-state index contributed by atoms with van der Waals surface area (Å²) in [6.07, 6.45) is 1.25. The number of hydrogen-bond acceptors (Lipinski definition) is 3. The highest BCUT2D eigenvalue weighted by molar-refractivity contribution is 7.11. The van der Waals surface area contributed by atoms with E-state index in [0.717, 1.165) is 28.4 Å². The average Bonchev–Trinajstić information content (AvgIpc) is 2.71. The lowest BCUT2D eigenvalue weighted by Gasteiger charge is -2.10. The van der Waals surface area contributed by atoms with E-state index in [4.69, 9.17) is 0 Å². The molecule has 4 heteroatoms. The zero-order chi connectivity index (χ0) is 14.7. The van der Waals surface area contributed by atoms with Crippen LogP contribution in [0.4, 0.5) is 5.69 Å². The monoisotopic (exact) mass is 288 g/mol. The molecule has 0 bridgehead atoms. The molecule has 1 heterocycles. The molecular weight excluding hydrogens is 268 g/mol. The number of rotatable bonds is 4. The highest BCUT2D eigenvalue weighted by Crippen LogP contribution is 2.20. The van der Waals surface area contributed by atoms with E-state index in [1.54, 1.807) is 11.3 Å². The second-order valence-electron chi connectivity index (χ2n) is 5.04. The van der Waals surface area contributed by atoms with Crippen LogP contribution < -0.4 is 5.32 Å². The molecule has 0 aliphatic rings. The van der Waals surface area contributed by atoms with E-state index in [-0.39, 0.29) is 5.91 Å². The van der Waals surface area contributed by atoms with Gasteiger partial charge in [-0.05, 0) is 51.3 Å². The Morgan fingerprint density at radius 2 is 2.00 bits per heavy atom. The number of anilines is 1. The summed E-state index contributed by atoms with van der Waals surface area (Å²) in [6, 6.07) is 5.96. The molecule has 1 N–H and O–H groups in total. The fraction of sp³-hybridized carbons (Fsp3) is 0.375. The van der Waals surface area contributed by atoms with E-state index in [2.05, 4.69) is 23.3 Å². The van der Waals surface area contributed by atoms with Gasteiger partial charge in [-0.1, -0.05) is 12.1 Å². The molecular formula is C16H20N2OS. The summed E-state index contributed by atoms with van der Waals surface area (Å²) < 4.78 is 0. The van der Waals surface area contributed by atoms with Crippen molar-refractivity contribution in [2.24, 2.45) is 0 Å². The maximum Gasteiger partial charge on any atom is 0.224 e. The van der Waals surface area contributed by atoms with Gasteiger partial charge in [-0.15, -0.1) is 11.3 Å². The number of carbonyl (C=O) groups is 1. The predicted octanol–water partition coefficient (Wildman–Crippen LogP) is 3.95. The molecule has 1 amide bonds. The van der Waals surface area contributed by atoms with Gasteiger partial charge in [0.1, 0.15) is 0 Å². The number of nitrogens with zero attached hydrogens (tertiary/aromatic N) is 1. The molecule has 2 rings (SSSR count). The van der Waals surface area contributed by atoms with Crippen molar-refractivity contribution in [2.45, 2.75) is 40.5 Å². The summed E-state index contributed by atoms with van der Waals surface area (Å²) in [7, 11) is 0.